The number of Topliss-reactive ketones (excluding diaryl/α,β-unsaturated/α-hetero) is 1. The van der Waals surface area contributed by atoms with Crippen molar-refractivity contribution in [1.82, 2.24) is 0 Å². The summed E-state index contributed by atoms with van der Waals surface area (Å²) in [6, 6.07) is 7.55. The van der Waals surface area contributed by atoms with E-state index in [1.165, 1.54) is 0 Å². The quantitative estimate of drug-likeness (QED) is 0.709. The van der Waals surface area contributed by atoms with Gasteiger partial charge in [0.05, 0.1) is 0 Å². The minimum absolute atomic E-state index is 0.218. The Morgan fingerprint density at radius 1 is 1.14 bits per heavy atom. The number of rotatable bonds is 5. The molecule has 1 rings (SSSR count). The third kappa shape index (κ3) is 4.12. The van der Waals surface area contributed by atoms with E-state index in [1.54, 1.807) is 0 Å². The van der Waals surface area contributed by atoms with Gasteiger partial charge < -0.3 is 0 Å². The number of benzene rings is 1. The second-order valence-electron chi connectivity index (χ2n) is 3.10. The van der Waals surface area contributed by atoms with Gasteiger partial charge in [0.1, 0.15) is 5.78 Å². The summed E-state index contributed by atoms with van der Waals surface area (Å²) in [6.07, 6.45) is 1.80. The molecule has 0 aliphatic rings. The predicted molar refractivity (Wildman–Crippen MR) is 60.1 cm³/mol. The third-order valence-corrected chi connectivity index (χ3v) is 2.42. The lowest BCUT2D eigenvalue weighted by Crippen LogP contribution is -2.00. The van der Waals surface area contributed by atoms with E-state index in [0.717, 1.165) is 17.0 Å². The molecule has 0 spiro atoms. The summed E-state index contributed by atoms with van der Waals surface area (Å²) >= 11 is 11.2. The maximum Gasteiger partial charge on any atom is 0.134 e. The van der Waals surface area contributed by atoms with Crippen molar-refractivity contribution in [3.63, 3.8) is 0 Å². The maximum atomic E-state index is 11.2. The number of aryl methyl sites for hydroxylation is 1. The summed E-state index contributed by atoms with van der Waals surface area (Å²) in [7, 11) is 0. The monoisotopic (exact) mass is 230 g/mol. The van der Waals surface area contributed by atoms with Crippen molar-refractivity contribution in [2.45, 2.75) is 19.3 Å². The first-order chi connectivity index (χ1) is 6.72. The van der Waals surface area contributed by atoms with Crippen molar-refractivity contribution < 1.29 is 4.79 Å². The first kappa shape index (κ1) is 11.5. The van der Waals surface area contributed by atoms with Crippen LogP contribution in [-0.2, 0) is 11.2 Å². The molecule has 0 aliphatic heterocycles. The Balaban J connectivity index is 2.38. The van der Waals surface area contributed by atoms with Gasteiger partial charge in [0.15, 0.2) is 0 Å². The topological polar surface area (TPSA) is 17.1 Å². The molecule has 1 aromatic carbocycles. The first-order valence-electron chi connectivity index (χ1n) is 4.54. The number of carbonyl (C=O) groups is 1. The normalized spacial score (nSPS) is 10.1. The fourth-order valence-corrected chi connectivity index (χ4v) is 1.50. The van der Waals surface area contributed by atoms with Gasteiger partial charge in [-0.1, -0.05) is 23.7 Å². The van der Waals surface area contributed by atoms with Crippen LogP contribution in [0.1, 0.15) is 18.4 Å². The highest BCUT2D eigenvalue weighted by Gasteiger charge is 2.01. The Hall–Kier alpha value is -0.530. The standard InChI is InChI=1S/C11H12Cl2O/c12-8-7-11(14)6-3-9-1-4-10(13)5-2-9/h1-2,4-5H,3,6-8H2. The average Bonchev–Trinajstić information content (AvgIpc) is 2.17. The van der Waals surface area contributed by atoms with Crippen molar-refractivity contribution >= 4 is 29.0 Å². The van der Waals surface area contributed by atoms with Crippen molar-refractivity contribution in [3.05, 3.63) is 34.9 Å². The molecular weight excluding hydrogens is 219 g/mol. The van der Waals surface area contributed by atoms with Crippen molar-refractivity contribution in [1.29, 1.82) is 0 Å². The molecule has 14 heavy (non-hydrogen) atoms. The van der Waals surface area contributed by atoms with Gasteiger partial charge in [-0.25, -0.2) is 0 Å². The van der Waals surface area contributed by atoms with Crippen molar-refractivity contribution in [2.75, 3.05) is 5.88 Å². The summed E-state index contributed by atoms with van der Waals surface area (Å²) in [5.74, 6) is 0.634. The average molecular weight is 231 g/mol. The molecule has 0 heterocycles. The molecule has 0 amide bonds. The number of hydrogen-bond donors (Lipinski definition) is 0. The fraction of sp³-hybridized carbons (Fsp3) is 0.364. The molecule has 0 bridgehead atoms. The molecule has 0 aromatic heterocycles. The summed E-state index contributed by atoms with van der Waals surface area (Å²) < 4.78 is 0. The van der Waals surface area contributed by atoms with E-state index in [4.69, 9.17) is 23.2 Å². The number of ketones is 1. The van der Waals surface area contributed by atoms with Crippen LogP contribution in [0.25, 0.3) is 0 Å². The Bertz CT molecular complexity index is 293. The lowest BCUT2D eigenvalue weighted by atomic mass is 10.1. The Morgan fingerprint density at radius 3 is 2.36 bits per heavy atom. The van der Waals surface area contributed by atoms with Gasteiger partial charge >= 0.3 is 0 Å². The van der Waals surface area contributed by atoms with Gasteiger partial charge in [-0.05, 0) is 24.1 Å². The number of carbonyl (C=O) groups excluding carboxylic acids is 1. The Kier molecular flexibility index (Phi) is 4.99. The van der Waals surface area contributed by atoms with E-state index in [-0.39, 0.29) is 5.78 Å². The smallest absolute Gasteiger partial charge is 0.134 e. The minimum Gasteiger partial charge on any atom is -0.300 e. The lowest BCUT2D eigenvalue weighted by molar-refractivity contribution is -0.118. The van der Waals surface area contributed by atoms with E-state index in [2.05, 4.69) is 0 Å². The van der Waals surface area contributed by atoms with Crippen LogP contribution in [0.5, 0.6) is 0 Å². The highest BCUT2D eigenvalue weighted by molar-refractivity contribution is 6.30. The summed E-state index contributed by atoms with van der Waals surface area (Å²) in [6.45, 7) is 0. The largest absolute Gasteiger partial charge is 0.300 e. The van der Waals surface area contributed by atoms with Crippen LogP contribution in [0.2, 0.25) is 5.02 Å². The second kappa shape index (κ2) is 6.05. The first-order valence-corrected chi connectivity index (χ1v) is 5.45. The van der Waals surface area contributed by atoms with E-state index in [1.807, 2.05) is 24.3 Å². The van der Waals surface area contributed by atoms with Gasteiger partial charge in [0.2, 0.25) is 0 Å². The van der Waals surface area contributed by atoms with Crippen molar-refractivity contribution in [2.24, 2.45) is 0 Å². The Labute approximate surface area is 94.0 Å². The number of hydrogen-bond acceptors (Lipinski definition) is 1. The highest BCUT2D eigenvalue weighted by atomic mass is 35.5. The van der Waals surface area contributed by atoms with Gasteiger partial charge in [0, 0.05) is 23.7 Å². The SMILES string of the molecule is O=C(CCCl)CCc1ccc(Cl)cc1. The zero-order chi connectivity index (χ0) is 10.4. The van der Waals surface area contributed by atoms with Crippen LogP contribution in [0.3, 0.4) is 0 Å². The van der Waals surface area contributed by atoms with Crippen LogP contribution in [-0.4, -0.2) is 11.7 Å². The minimum atomic E-state index is 0.218. The van der Waals surface area contributed by atoms with E-state index in [9.17, 15) is 4.79 Å². The van der Waals surface area contributed by atoms with Gasteiger partial charge in [-0.2, -0.15) is 0 Å². The number of alkyl halides is 1. The molecule has 1 nitrogen and oxygen atoms in total. The highest BCUT2D eigenvalue weighted by Crippen LogP contribution is 2.11. The molecule has 3 heteroatoms. The van der Waals surface area contributed by atoms with Gasteiger partial charge in [-0.15, -0.1) is 11.6 Å². The maximum absolute atomic E-state index is 11.2. The van der Waals surface area contributed by atoms with Crippen molar-refractivity contribution in [3.8, 4) is 0 Å². The molecule has 1 aromatic rings. The molecule has 0 saturated carbocycles. The molecule has 0 unspecified atom stereocenters. The molecular formula is C11H12Cl2O. The summed E-state index contributed by atoms with van der Waals surface area (Å²) in [5, 5.41) is 0.723. The zero-order valence-corrected chi connectivity index (χ0v) is 9.31. The Morgan fingerprint density at radius 2 is 1.79 bits per heavy atom. The van der Waals surface area contributed by atoms with Crippen LogP contribution >= 0.6 is 23.2 Å². The van der Waals surface area contributed by atoms with Gasteiger partial charge in [-0.3, -0.25) is 4.79 Å². The fourth-order valence-electron chi connectivity index (χ4n) is 1.17. The molecule has 0 radical (unpaired) electrons. The zero-order valence-electron chi connectivity index (χ0n) is 7.80. The number of halogens is 2. The predicted octanol–water partition coefficient (Wildman–Crippen LogP) is 3.47. The molecule has 0 aliphatic carbocycles. The van der Waals surface area contributed by atoms with Gasteiger partial charge in [0.25, 0.3) is 0 Å². The molecule has 0 atom stereocenters. The molecule has 76 valence electrons. The summed E-state index contributed by atoms with van der Waals surface area (Å²) in [4.78, 5) is 11.2. The van der Waals surface area contributed by atoms with Crippen LogP contribution < -0.4 is 0 Å². The summed E-state index contributed by atoms with van der Waals surface area (Å²) in [5.41, 5.74) is 1.14. The molecule has 0 saturated heterocycles. The van der Waals surface area contributed by atoms with Crippen LogP contribution in [0.15, 0.2) is 24.3 Å². The molecule has 0 N–H and O–H groups in total. The second-order valence-corrected chi connectivity index (χ2v) is 3.92. The van der Waals surface area contributed by atoms with E-state index >= 15 is 0 Å². The van der Waals surface area contributed by atoms with Crippen LogP contribution in [0, 0.1) is 0 Å². The third-order valence-electron chi connectivity index (χ3n) is 1.98. The van der Waals surface area contributed by atoms with E-state index in [0.29, 0.717) is 18.7 Å². The lowest BCUT2D eigenvalue weighted by Gasteiger charge is -2.00. The molecule has 0 fully saturated rings. The van der Waals surface area contributed by atoms with Crippen LogP contribution in [0.4, 0.5) is 0 Å². The van der Waals surface area contributed by atoms with E-state index < -0.39 is 0 Å².